The lowest BCUT2D eigenvalue weighted by Crippen LogP contribution is -2.23. The number of hydrogen-bond donors (Lipinski definition) is 0. The fourth-order valence-corrected chi connectivity index (χ4v) is 0.990. The third-order valence-corrected chi connectivity index (χ3v) is 1.75. The summed E-state index contributed by atoms with van der Waals surface area (Å²) in [6.45, 7) is 6.58. The number of rotatable bonds is 6. The van der Waals surface area contributed by atoms with E-state index in [1.807, 2.05) is 13.8 Å². The maximum absolute atomic E-state index is 10.0. The normalized spacial score (nSPS) is 11.2. The molecule has 0 amide bonds. The molecule has 0 aromatic rings. The highest BCUT2D eigenvalue weighted by Crippen LogP contribution is 2.17. The molecular weight excluding hydrogens is 140 g/mol. The van der Waals surface area contributed by atoms with Crippen LogP contribution in [0.2, 0.25) is 0 Å². The van der Waals surface area contributed by atoms with Crippen LogP contribution in [0.25, 0.3) is 0 Å². The molecule has 0 aliphatic rings. The first-order valence-electron chi connectivity index (χ1n) is 4.24. The molecule has 0 unspecified atom stereocenters. The monoisotopic (exact) mass is 158 g/mol. The van der Waals surface area contributed by atoms with Crippen LogP contribution in [-0.4, -0.2) is 12.1 Å². The van der Waals surface area contributed by atoms with Gasteiger partial charge in [-0.05, 0) is 26.7 Å². The number of ether oxygens (including phenoxy) is 1. The summed E-state index contributed by atoms with van der Waals surface area (Å²) in [6, 6.07) is 0. The molecule has 0 fully saturated rings. The minimum Gasteiger partial charge on any atom is -0.462 e. The maximum Gasteiger partial charge on any atom is 0.293 e. The summed E-state index contributed by atoms with van der Waals surface area (Å²) >= 11 is 0. The van der Waals surface area contributed by atoms with Crippen LogP contribution in [0.5, 0.6) is 0 Å². The molecule has 0 bridgehead atoms. The van der Waals surface area contributed by atoms with Crippen molar-refractivity contribution in [1.82, 2.24) is 0 Å². The van der Waals surface area contributed by atoms with Crippen LogP contribution < -0.4 is 0 Å². The lowest BCUT2D eigenvalue weighted by molar-refractivity contribution is -0.140. The summed E-state index contributed by atoms with van der Waals surface area (Å²) in [5, 5.41) is 0. The van der Waals surface area contributed by atoms with E-state index in [1.165, 1.54) is 12.8 Å². The van der Waals surface area contributed by atoms with Crippen LogP contribution in [0, 0.1) is 0 Å². The summed E-state index contributed by atoms with van der Waals surface area (Å²) in [6.07, 6.45) is 4.51. The third kappa shape index (κ3) is 5.89. The Balaban J connectivity index is 3.45. The summed E-state index contributed by atoms with van der Waals surface area (Å²) in [5.74, 6) is 0. The van der Waals surface area contributed by atoms with E-state index in [0.717, 1.165) is 12.8 Å². The quantitative estimate of drug-likeness (QED) is 0.438. The average Bonchev–Trinajstić information content (AvgIpc) is 1.87. The van der Waals surface area contributed by atoms with Crippen LogP contribution in [0.15, 0.2) is 0 Å². The van der Waals surface area contributed by atoms with Gasteiger partial charge in [-0.1, -0.05) is 19.8 Å². The molecule has 0 aromatic carbocycles. The Bertz CT molecular complexity index is 108. The van der Waals surface area contributed by atoms with E-state index in [9.17, 15) is 4.79 Å². The summed E-state index contributed by atoms with van der Waals surface area (Å²) in [7, 11) is 0. The van der Waals surface area contributed by atoms with Crippen molar-refractivity contribution in [1.29, 1.82) is 0 Å². The molecule has 0 rings (SSSR count). The maximum atomic E-state index is 10.0. The second-order valence-corrected chi connectivity index (χ2v) is 3.43. The van der Waals surface area contributed by atoms with Crippen molar-refractivity contribution >= 4 is 6.47 Å². The Kier molecular flexibility index (Phi) is 4.92. The van der Waals surface area contributed by atoms with Crippen LogP contribution >= 0.6 is 0 Å². The number of unbranched alkanes of at least 4 members (excludes halogenated alkanes) is 2. The van der Waals surface area contributed by atoms with Gasteiger partial charge in [-0.25, -0.2) is 0 Å². The van der Waals surface area contributed by atoms with Crippen LogP contribution in [0.4, 0.5) is 0 Å². The van der Waals surface area contributed by atoms with Crippen LogP contribution in [0.3, 0.4) is 0 Å². The minimum atomic E-state index is -0.267. The van der Waals surface area contributed by atoms with E-state index in [4.69, 9.17) is 4.74 Å². The topological polar surface area (TPSA) is 26.3 Å². The fourth-order valence-electron chi connectivity index (χ4n) is 0.990. The van der Waals surface area contributed by atoms with Crippen molar-refractivity contribution in [3.63, 3.8) is 0 Å². The van der Waals surface area contributed by atoms with Crippen molar-refractivity contribution in [3.8, 4) is 0 Å². The highest BCUT2D eigenvalue weighted by Gasteiger charge is 2.17. The smallest absolute Gasteiger partial charge is 0.293 e. The van der Waals surface area contributed by atoms with Gasteiger partial charge in [0.1, 0.15) is 5.60 Å². The van der Waals surface area contributed by atoms with E-state index in [-0.39, 0.29) is 5.60 Å². The molecule has 0 aliphatic carbocycles. The number of carbonyl (C=O) groups excluding carboxylic acids is 1. The molecule has 0 atom stereocenters. The van der Waals surface area contributed by atoms with Crippen molar-refractivity contribution in [2.24, 2.45) is 0 Å². The van der Waals surface area contributed by atoms with E-state index in [2.05, 4.69) is 6.92 Å². The van der Waals surface area contributed by atoms with E-state index in [0.29, 0.717) is 6.47 Å². The first-order valence-corrected chi connectivity index (χ1v) is 4.24. The zero-order valence-electron chi connectivity index (χ0n) is 7.72. The van der Waals surface area contributed by atoms with Gasteiger partial charge in [-0.2, -0.15) is 0 Å². The highest BCUT2D eigenvalue weighted by molar-refractivity contribution is 5.38. The average molecular weight is 158 g/mol. The van der Waals surface area contributed by atoms with Gasteiger partial charge in [0.25, 0.3) is 6.47 Å². The Hall–Kier alpha value is -0.530. The predicted octanol–water partition coefficient (Wildman–Crippen LogP) is 2.52. The van der Waals surface area contributed by atoms with Crippen LogP contribution in [-0.2, 0) is 9.53 Å². The molecule has 0 heterocycles. The van der Waals surface area contributed by atoms with E-state index >= 15 is 0 Å². The molecule has 2 heteroatoms. The van der Waals surface area contributed by atoms with Gasteiger partial charge in [0.2, 0.25) is 0 Å². The molecule has 0 saturated carbocycles. The fraction of sp³-hybridized carbons (Fsp3) is 0.889. The van der Waals surface area contributed by atoms with Gasteiger partial charge in [0, 0.05) is 0 Å². The molecule has 0 aromatic heterocycles. The molecule has 66 valence electrons. The van der Waals surface area contributed by atoms with Gasteiger partial charge >= 0.3 is 0 Å². The molecule has 0 N–H and O–H groups in total. The summed E-state index contributed by atoms with van der Waals surface area (Å²) in [4.78, 5) is 10.0. The van der Waals surface area contributed by atoms with E-state index in [1.54, 1.807) is 0 Å². The first-order chi connectivity index (χ1) is 5.12. The molecule has 0 spiro atoms. The van der Waals surface area contributed by atoms with Crippen LogP contribution in [0.1, 0.15) is 46.5 Å². The van der Waals surface area contributed by atoms with Gasteiger partial charge < -0.3 is 4.74 Å². The SMILES string of the molecule is CCCCCC(C)(C)OC=O. The van der Waals surface area contributed by atoms with Crippen molar-refractivity contribution in [2.75, 3.05) is 0 Å². The zero-order chi connectivity index (χ0) is 8.74. The molecule has 0 aliphatic heterocycles. The number of hydrogen-bond acceptors (Lipinski definition) is 2. The van der Waals surface area contributed by atoms with Gasteiger partial charge in [0.15, 0.2) is 0 Å². The predicted molar refractivity (Wildman–Crippen MR) is 45.4 cm³/mol. The highest BCUT2D eigenvalue weighted by atomic mass is 16.5. The molecule has 2 nitrogen and oxygen atoms in total. The summed E-state index contributed by atoms with van der Waals surface area (Å²) in [5.41, 5.74) is -0.267. The van der Waals surface area contributed by atoms with Crippen molar-refractivity contribution < 1.29 is 9.53 Å². The molecular formula is C9H18O2. The first kappa shape index (κ1) is 10.5. The third-order valence-electron chi connectivity index (χ3n) is 1.75. The van der Waals surface area contributed by atoms with E-state index < -0.39 is 0 Å². The minimum absolute atomic E-state index is 0.267. The molecule has 0 radical (unpaired) electrons. The standard InChI is InChI=1S/C9H18O2/c1-4-5-6-7-9(2,3)11-8-10/h8H,4-7H2,1-3H3. The second-order valence-electron chi connectivity index (χ2n) is 3.43. The van der Waals surface area contributed by atoms with Gasteiger partial charge in [-0.3, -0.25) is 4.79 Å². The van der Waals surface area contributed by atoms with Crippen molar-refractivity contribution in [2.45, 2.75) is 52.1 Å². The number of carbonyl (C=O) groups is 1. The molecule has 0 saturated heterocycles. The van der Waals surface area contributed by atoms with Gasteiger partial charge in [-0.15, -0.1) is 0 Å². The summed E-state index contributed by atoms with van der Waals surface area (Å²) < 4.78 is 4.90. The zero-order valence-corrected chi connectivity index (χ0v) is 7.72. The Morgan fingerprint density at radius 1 is 1.36 bits per heavy atom. The largest absolute Gasteiger partial charge is 0.462 e. The van der Waals surface area contributed by atoms with Crippen molar-refractivity contribution in [3.05, 3.63) is 0 Å². The Morgan fingerprint density at radius 3 is 2.45 bits per heavy atom. The van der Waals surface area contributed by atoms with Gasteiger partial charge in [0.05, 0.1) is 0 Å². The Labute approximate surface area is 68.9 Å². The second kappa shape index (κ2) is 5.16. The Morgan fingerprint density at radius 2 is 2.00 bits per heavy atom. The lowest BCUT2D eigenvalue weighted by atomic mass is 10.0. The molecule has 11 heavy (non-hydrogen) atoms. The lowest BCUT2D eigenvalue weighted by Gasteiger charge is -2.21.